The summed E-state index contributed by atoms with van der Waals surface area (Å²) in [5, 5.41) is 14.2. The Morgan fingerprint density at radius 1 is 1.00 bits per heavy atom. The molecular formula is C31H52N2O2. The van der Waals surface area contributed by atoms with Crippen LogP contribution in [0.2, 0.25) is 0 Å². The van der Waals surface area contributed by atoms with Crippen LogP contribution >= 0.6 is 0 Å². The molecule has 0 radical (unpaired) electrons. The Kier molecular flexibility index (Phi) is 6.52. The largest absolute Gasteiger partial charge is 0.393 e. The molecular weight excluding hydrogens is 432 g/mol. The van der Waals surface area contributed by atoms with Gasteiger partial charge >= 0.3 is 0 Å². The molecule has 2 N–H and O–H groups in total. The monoisotopic (exact) mass is 484 g/mol. The molecule has 1 aliphatic heterocycles. The molecule has 0 aromatic carbocycles. The van der Waals surface area contributed by atoms with E-state index >= 15 is 0 Å². The molecule has 5 rings (SSSR count). The van der Waals surface area contributed by atoms with Gasteiger partial charge in [-0.25, -0.2) is 0 Å². The van der Waals surface area contributed by atoms with Gasteiger partial charge in [0.2, 0.25) is 5.91 Å². The molecule has 35 heavy (non-hydrogen) atoms. The van der Waals surface area contributed by atoms with Crippen molar-refractivity contribution < 1.29 is 9.90 Å². The second kappa shape index (κ2) is 8.86. The lowest BCUT2D eigenvalue weighted by Crippen LogP contribution is -2.55. The second-order valence-electron chi connectivity index (χ2n) is 14.4. The Labute approximate surface area is 214 Å². The Balaban J connectivity index is 1.35. The lowest BCUT2D eigenvalue weighted by Gasteiger charge is -2.62. The topological polar surface area (TPSA) is 52.6 Å². The van der Waals surface area contributed by atoms with Crippen molar-refractivity contribution in [1.29, 1.82) is 0 Å². The van der Waals surface area contributed by atoms with Gasteiger partial charge in [-0.3, -0.25) is 4.79 Å². The molecule has 1 heterocycles. The van der Waals surface area contributed by atoms with Gasteiger partial charge in [-0.2, -0.15) is 0 Å². The van der Waals surface area contributed by atoms with Crippen LogP contribution in [0.4, 0.5) is 0 Å². The lowest BCUT2D eigenvalue weighted by molar-refractivity contribution is -0.132. The van der Waals surface area contributed by atoms with Gasteiger partial charge in [0.15, 0.2) is 0 Å². The highest BCUT2D eigenvalue weighted by molar-refractivity contribution is 5.76. The van der Waals surface area contributed by atoms with Crippen molar-refractivity contribution in [1.82, 2.24) is 10.2 Å². The summed E-state index contributed by atoms with van der Waals surface area (Å²) in [5.74, 6) is 2.28. The average Bonchev–Trinajstić information content (AvgIpc) is 3.12. The minimum absolute atomic E-state index is 0.0108. The second-order valence-corrected chi connectivity index (χ2v) is 14.4. The molecule has 0 spiro atoms. The van der Waals surface area contributed by atoms with Crippen LogP contribution < -0.4 is 5.32 Å². The molecule has 0 unspecified atom stereocenters. The van der Waals surface area contributed by atoms with Crippen LogP contribution in [0.5, 0.6) is 0 Å². The highest BCUT2D eigenvalue weighted by Gasteiger charge is 2.63. The normalized spacial score (nSPS) is 43.9. The van der Waals surface area contributed by atoms with Gasteiger partial charge < -0.3 is 15.3 Å². The molecule has 7 atom stereocenters. The predicted octanol–water partition coefficient (Wildman–Crippen LogP) is 5.94. The van der Waals surface area contributed by atoms with Crippen LogP contribution in [-0.4, -0.2) is 48.2 Å². The van der Waals surface area contributed by atoms with Gasteiger partial charge in [-0.05, 0) is 97.2 Å². The van der Waals surface area contributed by atoms with Gasteiger partial charge in [-0.1, -0.05) is 52.7 Å². The number of nitrogens with zero attached hydrogens (tertiary/aromatic N) is 1. The summed E-state index contributed by atoms with van der Waals surface area (Å²) >= 11 is 0. The van der Waals surface area contributed by atoms with Gasteiger partial charge in [0.1, 0.15) is 0 Å². The zero-order valence-electron chi connectivity index (χ0n) is 23.5. The van der Waals surface area contributed by atoms with Crippen molar-refractivity contribution in [2.45, 2.75) is 112 Å². The first-order valence-electron chi connectivity index (χ1n) is 14.8. The van der Waals surface area contributed by atoms with E-state index in [4.69, 9.17) is 0 Å². The highest BCUT2D eigenvalue weighted by atomic mass is 16.3. The van der Waals surface area contributed by atoms with Gasteiger partial charge in [0, 0.05) is 32.6 Å². The summed E-state index contributed by atoms with van der Waals surface area (Å²) in [7, 11) is 0. The lowest BCUT2D eigenvalue weighted by atomic mass is 9.43. The highest BCUT2D eigenvalue weighted by Crippen LogP contribution is 2.72. The number of aliphatic hydroxyl groups is 1. The van der Waals surface area contributed by atoms with E-state index in [9.17, 15) is 9.90 Å². The van der Waals surface area contributed by atoms with Crippen LogP contribution in [-0.2, 0) is 4.79 Å². The van der Waals surface area contributed by atoms with E-state index in [0.29, 0.717) is 34.5 Å². The summed E-state index contributed by atoms with van der Waals surface area (Å²) in [6.45, 7) is 18.5. The quantitative estimate of drug-likeness (QED) is 0.485. The zero-order chi connectivity index (χ0) is 25.2. The third-order valence-electron chi connectivity index (χ3n) is 12.8. The molecule has 5 aliphatic rings. The molecule has 4 heteroatoms. The summed E-state index contributed by atoms with van der Waals surface area (Å²) in [5.41, 5.74) is 4.54. The first kappa shape index (κ1) is 25.8. The Hall–Kier alpha value is -0.870. The molecule has 1 saturated heterocycles. The first-order chi connectivity index (χ1) is 16.4. The number of hydrogen-bond donors (Lipinski definition) is 2. The Bertz CT molecular complexity index is 873. The van der Waals surface area contributed by atoms with Crippen LogP contribution in [0.3, 0.4) is 0 Å². The molecule has 2 saturated carbocycles. The number of rotatable bonds is 4. The van der Waals surface area contributed by atoms with E-state index in [1.807, 2.05) is 5.57 Å². The molecule has 0 aromatic heterocycles. The summed E-state index contributed by atoms with van der Waals surface area (Å²) < 4.78 is 0. The Morgan fingerprint density at radius 3 is 2.43 bits per heavy atom. The van der Waals surface area contributed by atoms with E-state index < -0.39 is 0 Å². The fourth-order valence-electron chi connectivity index (χ4n) is 10.3. The van der Waals surface area contributed by atoms with Crippen LogP contribution in [0.1, 0.15) is 106 Å². The third-order valence-corrected chi connectivity index (χ3v) is 12.8. The van der Waals surface area contributed by atoms with Crippen molar-refractivity contribution in [2.75, 3.05) is 26.2 Å². The number of carbonyl (C=O) groups excluding carboxylic acids is 1. The fourth-order valence-corrected chi connectivity index (χ4v) is 10.3. The third kappa shape index (κ3) is 3.78. The maximum atomic E-state index is 12.8. The van der Waals surface area contributed by atoms with E-state index in [1.165, 1.54) is 38.5 Å². The SMILES string of the molecule is C[C@H](CCC(=O)N1CCNCC1)[C@H]1CC[C@@]2(C)C3=C(CC[C@]12C)[C@@]1(C)CC[C@H](O)C(C)(C)[C@@H]1CC3. The number of nitrogens with one attached hydrogen (secondary N) is 1. The minimum Gasteiger partial charge on any atom is -0.393 e. The fraction of sp³-hybridized carbons (Fsp3) is 0.903. The number of fused-ring (bicyclic) bond motifs is 4. The molecule has 3 fully saturated rings. The predicted molar refractivity (Wildman–Crippen MR) is 143 cm³/mol. The number of aliphatic hydroxyl groups excluding tert-OH is 1. The van der Waals surface area contributed by atoms with Crippen molar-refractivity contribution in [2.24, 2.45) is 39.4 Å². The summed E-state index contributed by atoms with van der Waals surface area (Å²) in [4.78, 5) is 14.9. The minimum atomic E-state index is -0.159. The van der Waals surface area contributed by atoms with E-state index in [2.05, 4.69) is 51.8 Å². The molecule has 0 aromatic rings. The van der Waals surface area contributed by atoms with Crippen molar-refractivity contribution in [3.8, 4) is 0 Å². The van der Waals surface area contributed by atoms with E-state index in [-0.39, 0.29) is 16.9 Å². The molecule has 0 bridgehead atoms. The van der Waals surface area contributed by atoms with Crippen LogP contribution in [0.25, 0.3) is 0 Å². The average molecular weight is 485 g/mol. The molecule has 198 valence electrons. The Morgan fingerprint density at radius 2 is 1.71 bits per heavy atom. The zero-order valence-corrected chi connectivity index (χ0v) is 23.5. The maximum Gasteiger partial charge on any atom is 0.222 e. The molecule has 1 amide bonds. The van der Waals surface area contributed by atoms with Crippen LogP contribution in [0.15, 0.2) is 11.1 Å². The first-order valence-corrected chi connectivity index (χ1v) is 14.8. The van der Waals surface area contributed by atoms with Crippen molar-refractivity contribution >= 4 is 5.91 Å². The number of amides is 1. The van der Waals surface area contributed by atoms with E-state index in [0.717, 1.165) is 51.9 Å². The summed E-state index contributed by atoms with van der Waals surface area (Å²) in [6.07, 6.45) is 11.4. The van der Waals surface area contributed by atoms with E-state index in [1.54, 1.807) is 5.57 Å². The van der Waals surface area contributed by atoms with Gasteiger partial charge in [0.25, 0.3) is 0 Å². The molecule has 4 nitrogen and oxygen atoms in total. The number of hydrogen-bond acceptors (Lipinski definition) is 3. The van der Waals surface area contributed by atoms with Gasteiger partial charge in [0.05, 0.1) is 6.10 Å². The maximum absolute atomic E-state index is 12.8. The number of allylic oxidation sites excluding steroid dienone is 2. The van der Waals surface area contributed by atoms with Gasteiger partial charge in [-0.15, -0.1) is 0 Å². The summed E-state index contributed by atoms with van der Waals surface area (Å²) in [6, 6.07) is 0. The van der Waals surface area contributed by atoms with Crippen LogP contribution in [0, 0.1) is 39.4 Å². The number of carbonyl (C=O) groups is 1. The molecule has 4 aliphatic carbocycles. The smallest absolute Gasteiger partial charge is 0.222 e. The standard InChI is InChI=1S/C31H52N2O2/c1-21(7-10-27(35)33-19-17-32-18-20-33)22-11-15-31(6)24-8-9-25-28(2,3)26(34)13-14-29(25,4)23(24)12-16-30(22,31)5/h21-22,25-26,32,34H,7-20H2,1-6H3/t21-,22-,25+,26+,29-,30-,31+/m1/s1. The van der Waals surface area contributed by atoms with Crippen molar-refractivity contribution in [3.05, 3.63) is 11.1 Å². The number of piperazine rings is 1. The van der Waals surface area contributed by atoms with Crippen molar-refractivity contribution in [3.63, 3.8) is 0 Å².